The molecule has 1 unspecified atom stereocenters. The van der Waals surface area contributed by atoms with Crippen molar-refractivity contribution in [1.82, 2.24) is 0 Å². The summed E-state index contributed by atoms with van der Waals surface area (Å²) in [6, 6.07) is 7.96. The SMILES string of the molecule is O=C(O)CC(c1ccccc1)C(F)F. The zero-order valence-electron chi connectivity index (χ0n) is 7.36. The molecule has 0 fully saturated rings. The van der Waals surface area contributed by atoms with Crippen molar-refractivity contribution in [1.29, 1.82) is 0 Å². The standard InChI is InChI=1S/C10H10F2O2/c11-10(12)8(6-9(13)14)7-4-2-1-3-5-7/h1-5,8,10H,6H2,(H,13,14). The summed E-state index contributed by atoms with van der Waals surface area (Å²) in [6.45, 7) is 0. The van der Waals surface area contributed by atoms with E-state index in [0.717, 1.165) is 0 Å². The van der Waals surface area contributed by atoms with E-state index in [1.165, 1.54) is 12.1 Å². The highest BCUT2D eigenvalue weighted by Crippen LogP contribution is 2.26. The first kappa shape index (κ1) is 10.6. The van der Waals surface area contributed by atoms with Gasteiger partial charge in [-0.1, -0.05) is 30.3 Å². The van der Waals surface area contributed by atoms with Crippen molar-refractivity contribution in [2.75, 3.05) is 0 Å². The second kappa shape index (κ2) is 4.69. The lowest BCUT2D eigenvalue weighted by Gasteiger charge is -2.13. The average Bonchev–Trinajstić information content (AvgIpc) is 2.15. The lowest BCUT2D eigenvalue weighted by molar-refractivity contribution is -0.138. The Morgan fingerprint density at radius 1 is 1.29 bits per heavy atom. The quantitative estimate of drug-likeness (QED) is 0.810. The third-order valence-corrected chi connectivity index (χ3v) is 1.93. The van der Waals surface area contributed by atoms with Gasteiger partial charge in [0, 0.05) is 0 Å². The summed E-state index contributed by atoms with van der Waals surface area (Å²) < 4.78 is 25.0. The van der Waals surface area contributed by atoms with Crippen molar-refractivity contribution >= 4 is 5.97 Å². The van der Waals surface area contributed by atoms with Crippen LogP contribution in [0.15, 0.2) is 30.3 Å². The average molecular weight is 200 g/mol. The maximum atomic E-state index is 12.5. The normalized spacial score (nSPS) is 12.8. The van der Waals surface area contributed by atoms with Crippen LogP contribution in [-0.4, -0.2) is 17.5 Å². The van der Waals surface area contributed by atoms with Gasteiger partial charge in [0.15, 0.2) is 0 Å². The molecule has 14 heavy (non-hydrogen) atoms. The van der Waals surface area contributed by atoms with E-state index in [0.29, 0.717) is 5.56 Å². The van der Waals surface area contributed by atoms with Crippen LogP contribution in [0.3, 0.4) is 0 Å². The summed E-state index contributed by atoms with van der Waals surface area (Å²) in [4.78, 5) is 10.4. The highest BCUT2D eigenvalue weighted by Gasteiger charge is 2.24. The maximum Gasteiger partial charge on any atom is 0.304 e. The van der Waals surface area contributed by atoms with E-state index in [4.69, 9.17) is 5.11 Å². The Morgan fingerprint density at radius 2 is 1.86 bits per heavy atom. The number of halogens is 2. The molecule has 0 heterocycles. The van der Waals surface area contributed by atoms with Crippen molar-refractivity contribution < 1.29 is 18.7 Å². The Kier molecular flexibility index (Phi) is 3.56. The highest BCUT2D eigenvalue weighted by molar-refractivity contribution is 5.68. The van der Waals surface area contributed by atoms with E-state index < -0.39 is 24.7 Å². The lowest BCUT2D eigenvalue weighted by atomic mass is 9.96. The first-order valence-corrected chi connectivity index (χ1v) is 4.16. The minimum Gasteiger partial charge on any atom is -0.481 e. The molecule has 0 spiro atoms. The van der Waals surface area contributed by atoms with Crippen LogP contribution >= 0.6 is 0 Å². The summed E-state index contributed by atoms with van der Waals surface area (Å²) in [5, 5.41) is 8.46. The number of benzene rings is 1. The third-order valence-electron chi connectivity index (χ3n) is 1.93. The van der Waals surface area contributed by atoms with Gasteiger partial charge in [0.2, 0.25) is 6.43 Å². The molecule has 0 aliphatic heterocycles. The molecule has 0 aliphatic carbocycles. The fraction of sp³-hybridized carbons (Fsp3) is 0.300. The molecular formula is C10H10F2O2. The number of rotatable bonds is 4. The molecule has 1 aromatic carbocycles. The first-order valence-electron chi connectivity index (χ1n) is 4.16. The Balaban J connectivity index is 2.83. The van der Waals surface area contributed by atoms with Gasteiger partial charge in [-0.2, -0.15) is 0 Å². The van der Waals surface area contributed by atoms with Gasteiger partial charge in [-0.25, -0.2) is 8.78 Å². The number of alkyl halides is 2. The zero-order valence-corrected chi connectivity index (χ0v) is 7.36. The maximum absolute atomic E-state index is 12.5. The second-order valence-electron chi connectivity index (χ2n) is 2.95. The number of hydrogen-bond donors (Lipinski definition) is 1. The van der Waals surface area contributed by atoms with Gasteiger partial charge < -0.3 is 5.11 Å². The predicted octanol–water partition coefficient (Wildman–Crippen LogP) is 2.51. The monoisotopic (exact) mass is 200 g/mol. The van der Waals surface area contributed by atoms with Crippen LogP contribution < -0.4 is 0 Å². The minimum atomic E-state index is -2.64. The van der Waals surface area contributed by atoms with Gasteiger partial charge in [0.25, 0.3) is 0 Å². The van der Waals surface area contributed by atoms with Crippen LogP contribution in [0.5, 0.6) is 0 Å². The van der Waals surface area contributed by atoms with E-state index in [2.05, 4.69) is 0 Å². The summed E-state index contributed by atoms with van der Waals surface area (Å²) in [5.74, 6) is -2.42. The molecule has 4 heteroatoms. The molecule has 1 atom stereocenters. The molecule has 1 aromatic rings. The van der Waals surface area contributed by atoms with Gasteiger partial charge in [0.05, 0.1) is 12.3 Å². The summed E-state index contributed by atoms with van der Waals surface area (Å²) in [6.07, 6.45) is -3.18. The van der Waals surface area contributed by atoms with Gasteiger partial charge in [-0.05, 0) is 5.56 Å². The van der Waals surface area contributed by atoms with Crippen molar-refractivity contribution in [2.24, 2.45) is 0 Å². The molecule has 0 saturated carbocycles. The second-order valence-corrected chi connectivity index (χ2v) is 2.95. The Labute approximate surface area is 80.2 Å². The molecule has 0 amide bonds. The molecule has 2 nitrogen and oxygen atoms in total. The molecule has 76 valence electrons. The Hall–Kier alpha value is -1.45. The molecule has 0 saturated heterocycles. The van der Waals surface area contributed by atoms with Crippen LogP contribution in [0.1, 0.15) is 17.9 Å². The number of carbonyl (C=O) groups is 1. The molecule has 0 aromatic heterocycles. The zero-order chi connectivity index (χ0) is 10.6. The van der Waals surface area contributed by atoms with E-state index in [-0.39, 0.29) is 0 Å². The number of carboxylic acid groups (broad SMARTS) is 1. The van der Waals surface area contributed by atoms with E-state index in [1.54, 1.807) is 18.2 Å². The fourth-order valence-corrected chi connectivity index (χ4v) is 1.24. The predicted molar refractivity (Wildman–Crippen MR) is 47.4 cm³/mol. The molecule has 1 rings (SSSR count). The van der Waals surface area contributed by atoms with Crippen LogP contribution in [0.25, 0.3) is 0 Å². The molecular weight excluding hydrogens is 190 g/mol. The molecule has 1 N–H and O–H groups in total. The summed E-state index contributed by atoms with van der Waals surface area (Å²) in [7, 11) is 0. The number of aliphatic carboxylic acids is 1. The van der Waals surface area contributed by atoms with Crippen molar-refractivity contribution in [3.8, 4) is 0 Å². The number of carboxylic acids is 1. The van der Waals surface area contributed by atoms with E-state index in [1.807, 2.05) is 0 Å². The molecule has 0 aliphatic rings. The van der Waals surface area contributed by atoms with Crippen LogP contribution in [0.2, 0.25) is 0 Å². The summed E-state index contributed by atoms with van der Waals surface area (Å²) >= 11 is 0. The fourth-order valence-electron chi connectivity index (χ4n) is 1.24. The largest absolute Gasteiger partial charge is 0.481 e. The van der Waals surface area contributed by atoms with Gasteiger partial charge in [-0.15, -0.1) is 0 Å². The minimum absolute atomic E-state index is 0.366. The van der Waals surface area contributed by atoms with Crippen LogP contribution in [0.4, 0.5) is 8.78 Å². The summed E-state index contributed by atoms with van der Waals surface area (Å²) in [5.41, 5.74) is 0.366. The number of hydrogen-bond acceptors (Lipinski definition) is 1. The highest BCUT2D eigenvalue weighted by atomic mass is 19.3. The Morgan fingerprint density at radius 3 is 2.29 bits per heavy atom. The van der Waals surface area contributed by atoms with Crippen molar-refractivity contribution in [3.63, 3.8) is 0 Å². The van der Waals surface area contributed by atoms with E-state index in [9.17, 15) is 13.6 Å². The first-order chi connectivity index (χ1) is 6.61. The van der Waals surface area contributed by atoms with Crippen molar-refractivity contribution in [2.45, 2.75) is 18.8 Å². The van der Waals surface area contributed by atoms with E-state index >= 15 is 0 Å². The Bertz CT molecular complexity index is 298. The van der Waals surface area contributed by atoms with Crippen molar-refractivity contribution in [3.05, 3.63) is 35.9 Å². The van der Waals surface area contributed by atoms with Gasteiger partial charge in [0.1, 0.15) is 0 Å². The van der Waals surface area contributed by atoms with Gasteiger partial charge >= 0.3 is 5.97 Å². The van der Waals surface area contributed by atoms with Crippen LogP contribution in [-0.2, 0) is 4.79 Å². The molecule has 0 radical (unpaired) electrons. The van der Waals surface area contributed by atoms with Crippen LogP contribution in [0, 0.1) is 0 Å². The third kappa shape index (κ3) is 2.80. The smallest absolute Gasteiger partial charge is 0.304 e. The molecule has 0 bridgehead atoms. The topological polar surface area (TPSA) is 37.3 Å². The lowest BCUT2D eigenvalue weighted by Crippen LogP contribution is -2.13. The van der Waals surface area contributed by atoms with Gasteiger partial charge in [-0.3, -0.25) is 4.79 Å².